The van der Waals surface area contributed by atoms with E-state index in [1.165, 1.54) is 25.9 Å². The standard InChI is InChI=1S/C19H20O4/c1-13-4-6-14(7-5-13)8-11-17(21)16-10-9-15(12-20)18(22-2)19(16)23-3/h4-11,20H,12H2,1-3H3/b11-8+. The normalized spacial score (nSPS) is 10.8. The van der Waals surface area contributed by atoms with Gasteiger partial charge in [-0.3, -0.25) is 4.79 Å². The third-order valence-corrected chi connectivity index (χ3v) is 3.54. The van der Waals surface area contributed by atoms with E-state index >= 15 is 0 Å². The van der Waals surface area contributed by atoms with Crippen molar-refractivity contribution >= 4 is 11.9 Å². The van der Waals surface area contributed by atoms with Gasteiger partial charge in [-0.05, 0) is 24.6 Å². The van der Waals surface area contributed by atoms with Crippen LogP contribution >= 0.6 is 0 Å². The number of aliphatic hydroxyl groups excluding tert-OH is 1. The van der Waals surface area contributed by atoms with Crippen molar-refractivity contribution in [2.24, 2.45) is 0 Å². The maximum atomic E-state index is 12.4. The maximum absolute atomic E-state index is 12.4. The van der Waals surface area contributed by atoms with Crippen molar-refractivity contribution < 1.29 is 19.4 Å². The van der Waals surface area contributed by atoms with Crippen molar-refractivity contribution in [3.05, 3.63) is 64.7 Å². The van der Waals surface area contributed by atoms with Gasteiger partial charge in [0.2, 0.25) is 0 Å². The van der Waals surface area contributed by atoms with Gasteiger partial charge in [-0.15, -0.1) is 0 Å². The van der Waals surface area contributed by atoms with Gasteiger partial charge < -0.3 is 14.6 Å². The summed E-state index contributed by atoms with van der Waals surface area (Å²) in [6.45, 7) is 1.83. The van der Waals surface area contributed by atoms with Gasteiger partial charge in [-0.1, -0.05) is 42.0 Å². The molecule has 0 spiro atoms. The molecule has 1 N–H and O–H groups in total. The maximum Gasteiger partial charge on any atom is 0.189 e. The molecule has 4 nitrogen and oxygen atoms in total. The first kappa shape index (κ1) is 16.8. The Morgan fingerprint density at radius 1 is 1.04 bits per heavy atom. The highest BCUT2D eigenvalue weighted by Gasteiger charge is 2.18. The minimum absolute atomic E-state index is 0.187. The molecule has 0 saturated heterocycles. The summed E-state index contributed by atoms with van der Waals surface area (Å²) >= 11 is 0. The van der Waals surface area contributed by atoms with Gasteiger partial charge in [0.1, 0.15) is 0 Å². The summed E-state index contributed by atoms with van der Waals surface area (Å²) in [4.78, 5) is 12.4. The molecule has 0 amide bonds. The van der Waals surface area contributed by atoms with Gasteiger partial charge >= 0.3 is 0 Å². The first-order valence-electron chi connectivity index (χ1n) is 7.24. The zero-order valence-corrected chi connectivity index (χ0v) is 13.5. The minimum atomic E-state index is -0.190. The fourth-order valence-electron chi connectivity index (χ4n) is 2.29. The quantitative estimate of drug-likeness (QED) is 0.656. The molecule has 0 aliphatic rings. The first-order chi connectivity index (χ1) is 11.1. The number of aryl methyl sites for hydroxylation is 1. The monoisotopic (exact) mass is 312 g/mol. The van der Waals surface area contributed by atoms with Crippen molar-refractivity contribution in [1.82, 2.24) is 0 Å². The van der Waals surface area contributed by atoms with Gasteiger partial charge in [0.05, 0.1) is 26.4 Å². The van der Waals surface area contributed by atoms with E-state index in [4.69, 9.17) is 9.47 Å². The van der Waals surface area contributed by atoms with Gasteiger partial charge in [0.25, 0.3) is 0 Å². The molecule has 2 aromatic rings. The molecule has 0 aliphatic carbocycles. The van der Waals surface area contributed by atoms with Crippen LogP contribution in [0.5, 0.6) is 11.5 Å². The van der Waals surface area contributed by atoms with Crippen LogP contribution in [-0.2, 0) is 6.61 Å². The molecule has 120 valence electrons. The molecular weight excluding hydrogens is 292 g/mol. The number of ketones is 1. The van der Waals surface area contributed by atoms with E-state index < -0.39 is 0 Å². The SMILES string of the molecule is COc1c(CO)ccc(C(=O)/C=C/c2ccc(C)cc2)c1OC. The lowest BCUT2D eigenvalue weighted by Gasteiger charge is -2.14. The number of benzene rings is 2. The highest BCUT2D eigenvalue weighted by molar-refractivity contribution is 6.09. The molecule has 0 fully saturated rings. The largest absolute Gasteiger partial charge is 0.492 e. The average molecular weight is 312 g/mol. The molecule has 4 heteroatoms. The predicted molar refractivity (Wildman–Crippen MR) is 90.0 cm³/mol. The molecule has 0 atom stereocenters. The highest BCUT2D eigenvalue weighted by Crippen LogP contribution is 2.35. The fraction of sp³-hybridized carbons (Fsp3) is 0.211. The number of methoxy groups -OCH3 is 2. The van der Waals surface area contributed by atoms with E-state index in [1.807, 2.05) is 31.2 Å². The Hall–Kier alpha value is -2.59. The third-order valence-electron chi connectivity index (χ3n) is 3.54. The fourth-order valence-corrected chi connectivity index (χ4v) is 2.29. The van der Waals surface area contributed by atoms with Crippen molar-refractivity contribution in [1.29, 1.82) is 0 Å². The Morgan fingerprint density at radius 2 is 1.70 bits per heavy atom. The summed E-state index contributed by atoms with van der Waals surface area (Å²) in [6, 6.07) is 11.2. The van der Waals surface area contributed by atoms with Crippen LogP contribution in [0.3, 0.4) is 0 Å². The van der Waals surface area contributed by atoms with Gasteiger partial charge in [0.15, 0.2) is 17.3 Å². The Kier molecular flexibility index (Phi) is 5.55. The molecular formula is C19H20O4. The molecule has 0 saturated carbocycles. The second kappa shape index (κ2) is 7.61. The van der Waals surface area contributed by atoms with Crippen LogP contribution in [0.15, 0.2) is 42.5 Å². The summed E-state index contributed by atoms with van der Waals surface area (Å²) in [5.41, 5.74) is 3.08. The Balaban J connectivity index is 2.33. The number of aliphatic hydroxyl groups is 1. The van der Waals surface area contributed by atoms with Crippen molar-refractivity contribution in [2.45, 2.75) is 13.5 Å². The Bertz CT molecular complexity index is 715. The van der Waals surface area contributed by atoms with Crippen LogP contribution in [0.2, 0.25) is 0 Å². The Morgan fingerprint density at radius 3 is 2.26 bits per heavy atom. The molecule has 0 unspecified atom stereocenters. The van der Waals surface area contributed by atoms with E-state index in [0.717, 1.165) is 5.56 Å². The van der Waals surface area contributed by atoms with Crippen LogP contribution in [0.4, 0.5) is 0 Å². The first-order valence-corrected chi connectivity index (χ1v) is 7.24. The van der Waals surface area contributed by atoms with Crippen LogP contribution < -0.4 is 9.47 Å². The molecule has 0 bridgehead atoms. The summed E-state index contributed by atoms with van der Waals surface area (Å²) < 4.78 is 10.6. The van der Waals surface area contributed by atoms with E-state index in [9.17, 15) is 9.90 Å². The minimum Gasteiger partial charge on any atom is -0.492 e. The molecule has 0 aliphatic heterocycles. The number of carbonyl (C=O) groups excluding carboxylic acids is 1. The molecule has 0 radical (unpaired) electrons. The molecule has 0 heterocycles. The number of ether oxygens (including phenoxy) is 2. The summed E-state index contributed by atoms with van der Waals surface area (Å²) in [6.07, 6.45) is 3.26. The lowest BCUT2D eigenvalue weighted by molar-refractivity contribution is 0.104. The van der Waals surface area contributed by atoms with Crippen LogP contribution in [0.1, 0.15) is 27.0 Å². The van der Waals surface area contributed by atoms with Crippen molar-refractivity contribution in [2.75, 3.05) is 14.2 Å². The number of rotatable bonds is 6. The van der Waals surface area contributed by atoms with E-state index in [1.54, 1.807) is 18.2 Å². The number of allylic oxidation sites excluding steroid dienone is 1. The Labute approximate surface area is 136 Å². The molecule has 2 aromatic carbocycles. The molecule has 23 heavy (non-hydrogen) atoms. The van der Waals surface area contributed by atoms with E-state index in [2.05, 4.69) is 0 Å². The van der Waals surface area contributed by atoms with Crippen LogP contribution in [-0.4, -0.2) is 25.1 Å². The lowest BCUT2D eigenvalue weighted by atomic mass is 10.0. The zero-order chi connectivity index (χ0) is 16.8. The second-order valence-electron chi connectivity index (χ2n) is 5.11. The second-order valence-corrected chi connectivity index (χ2v) is 5.11. The van der Waals surface area contributed by atoms with Gasteiger partial charge in [0, 0.05) is 5.56 Å². The molecule has 2 rings (SSSR count). The summed E-state index contributed by atoms with van der Waals surface area (Å²) in [7, 11) is 2.95. The van der Waals surface area contributed by atoms with Crippen LogP contribution in [0.25, 0.3) is 6.08 Å². The topological polar surface area (TPSA) is 55.8 Å². The van der Waals surface area contributed by atoms with E-state index in [-0.39, 0.29) is 12.4 Å². The lowest BCUT2D eigenvalue weighted by Crippen LogP contribution is -2.04. The van der Waals surface area contributed by atoms with Crippen molar-refractivity contribution in [3.63, 3.8) is 0 Å². The van der Waals surface area contributed by atoms with Crippen molar-refractivity contribution in [3.8, 4) is 11.5 Å². The number of carbonyl (C=O) groups is 1. The van der Waals surface area contributed by atoms with Gasteiger partial charge in [-0.25, -0.2) is 0 Å². The average Bonchev–Trinajstić information content (AvgIpc) is 2.59. The highest BCUT2D eigenvalue weighted by atomic mass is 16.5. The molecule has 0 aromatic heterocycles. The number of hydrogen-bond acceptors (Lipinski definition) is 4. The summed E-state index contributed by atoms with van der Waals surface area (Å²) in [5, 5.41) is 9.34. The van der Waals surface area contributed by atoms with Gasteiger partial charge in [-0.2, -0.15) is 0 Å². The summed E-state index contributed by atoms with van der Waals surface area (Å²) in [5.74, 6) is 0.521. The zero-order valence-electron chi connectivity index (χ0n) is 13.5. The smallest absolute Gasteiger partial charge is 0.189 e. The predicted octanol–water partition coefficient (Wildman–Crippen LogP) is 3.40. The number of hydrogen-bond donors (Lipinski definition) is 1. The van der Waals surface area contributed by atoms with Crippen LogP contribution in [0, 0.1) is 6.92 Å². The third kappa shape index (κ3) is 3.79. The van der Waals surface area contributed by atoms with E-state index in [0.29, 0.717) is 22.6 Å².